The van der Waals surface area contributed by atoms with E-state index in [1.807, 2.05) is 0 Å². The molecule has 1 aliphatic carbocycles. The molecule has 2 aromatic rings. The Hall–Kier alpha value is -3.29. The molecule has 8 nitrogen and oxygen atoms in total. The van der Waals surface area contributed by atoms with Gasteiger partial charge in [-0.3, -0.25) is 4.79 Å². The van der Waals surface area contributed by atoms with Gasteiger partial charge in [-0.1, -0.05) is 0 Å². The maximum Gasteiger partial charge on any atom is 0.335 e. The van der Waals surface area contributed by atoms with E-state index >= 15 is 0 Å². The zero-order valence-corrected chi connectivity index (χ0v) is 15.0. The van der Waals surface area contributed by atoms with Gasteiger partial charge in [-0.05, 0) is 37.5 Å². The quantitative estimate of drug-likeness (QED) is 0.769. The van der Waals surface area contributed by atoms with E-state index in [4.69, 9.17) is 14.2 Å². The van der Waals surface area contributed by atoms with Crippen LogP contribution in [0.1, 0.15) is 40.0 Å². The maximum atomic E-state index is 12.6. The molecular formula is C19H20N2O6. The van der Waals surface area contributed by atoms with Gasteiger partial charge in [0.05, 0.1) is 25.5 Å². The number of pyridine rings is 1. The van der Waals surface area contributed by atoms with Gasteiger partial charge >= 0.3 is 5.97 Å². The molecule has 2 N–H and O–H groups in total. The second-order valence-corrected chi connectivity index (χ2v) is 6.07. The van der Waals surface area contributed by atoms with E-state index in [1.54, 1.807) is 12.1 Å². The van der Waals surface area contributed by atoms with Gasteiger partial charge in [-0.2, -0.15) is 0 Å². The van der Waals surface area contributed by atoms with E-state index in [0.29, 0.717) is 11.4 Å². The predicted molar refractivity (Wildman–Crippen MR) is 97.0 cm³/mol. The maximum absolute atomic E-state index is 12.6. The Labute approximate surface area is 156 Å². The molecule has 1 saturated carbocycles. The fraction of sp³-hybridized carbons (Fsp3) is 0.316. The average molecular weight is 372 g/mol. The number of carboxylic acids is 1. The van der Waals surface area contributed by atoms with Gasteiger partial charge in [-0.15, -0.1) is 0 Å². The molecule has 1 aromatic carbocycles. The summed E-state index contributed by atoms with van der Waals surface area (Å²) in [4.78, 5) is 28.1. The fourth-order valence-electron chi connectivity index (χ4n) is 2.65. The molecule has 1 amide bonds. The van der Waals surface area contributed by atoms with E-state index in [9.17, 15) is 14.7 Å². The van der Waals surface area contributed by atoms with E-state index in [2.05, 4.69) is 10.3 Å². The van der Waals surface area contributed by atoms with Gasteiger partial charge in [0.25, 0.3) is 5.91 Å². The molecule has 27 heavy (non-hydrogen) atoms. The topological polar surface area (TPSA) is 107 Å². The van der Waals surface area contributed by atoms with Gasteiger partial charge in [0, 0.05) is 17.8 Å². The van der Waals surface area contributed by atoms with Gasteiger partial charge in [0.1, 0.15) is 6.10 Å². The van der Waals surface area contributed by atoms with Crippen LogP contribution in [0, 0.1) is 0 Å². The fourth-order valence-corrected chi connectivity index (χ4v) is 2.65. The Kier molecular flexibility index (Phi) is 5.44. The average Bonchev–Trinajstić information content (AvgIpc) is 2.64. The lowest BCUT2D eigenvalue weighted by Gasteiger charge is -2.25. The lowest BCUT2D eigenvalue weighted by Crippen LogP contribution is -2.25. The summed E-state index contributed by atoms with van der Waals surface area (Å²) in [6.07, 6.45) is 4.74. The monoisotopic (exact) mass is 372 g/mol. The van der Waals surface area contributed by atoms with Crippen molar-refractivity contribution in [2.75, 3.05) is 19.5 Å². The number of hydrogen-bond donors (Lipinski definition) is 2. The number of aromatic nitrogens is 1. The van der Waals surface area contributed by atoms with Crippen LogP contribution in [0.3, 0.4) is 0 Å². The van der Waals surface area contributed by atoms with E-state index in [0.717, 1.165) is 19.3 Å². The van der Waals surface area contributed by atoms with Crippen molar-refractivity contribution in [2.24, 2.45) is 0 Å². The van der Waals surface area contributed by atoms with Crippen LogP contribution >= 0.6 is 0 Å². The number of carboxylic acid groups (broad SMARTS) is 1. The number of hydrogen-bond acceptors (Lipinski definition) is 6. The number of methoxy groups -OCH3 is 2. The SMILES string of the molecule is COc1cc(C(=O)O)cc(NC(=O)c2ccnc(OC3CCC3)c2)c1OC. The molecule has 142 valence electrons. The number of anilines is 1. The number of aromatic carboxylic acids is 1. The van der Waals surface area contributed by atoms with Crippen LogP contribution < -0.4 is 19.5 Å². The molecule has 1 fully saturated rings. The Morgan fingerprint density at radius 3 is 2.52 bits per heavy atom. The number of rotatable bonds is 7. The minimum Gasteiger partial charge on any atom is -0.493 e. The van der Waals surface area contributed by atoms with Gasteiger partial charge in [-0.25, -0.2) is 9.78 Å². The number of carbonyl (C=O) groups is 2. The van der Waals surface area contributed by atoms with Crippen molar-refractivity contribution in [3.63, 3.8) is 0 Å². The summed E-state index contributed by atoms with van der Waals surface area (Å²) in [5, 5.41) is 11.9. The van der Waals surface area contributed by atoms with Crippen molar-refractivity contribution in [3.8, 4) is 17.4 Å². The Bertz CT molecular complexity index is 863. The second-order valence-electron chi connectivity index (χ2n) is 6.07. The van der Waals surface area contributed by atoms with Crippen LogP contribution in [-0.2, 0) is 0 Å². The Balaban J connectivity index is 1.85. The summed E-state index contributed by atoms with van der Waals surface area (Å²) in [6, 6.07) is 5.74. The van der Waals surface area contributed by atoms with Gasteiger partial charge in [0.2, 0.25) is 5.88 Å². The number of nitrogens with zero attached hydrogens (tertiary/aromatic N) is 1. The summed E-state index contributed by atoms with van der Waals surface area (Å²) in [7, 11) is 2.80. The van der Waals surface area contributed by atoms with Crippen LogP contribution in [0.15, 0.2) is 30.5 Å². The van der Waals surface area contributed by atoms with Crippen LogP contribution in [0.25, 0.3) is 0 Å². The molecule has 3 rings (SSSR count). The molecule has 0 radical (unpaired) electrons. The Morgan fingerprint density at radius 2 is 1.93 bits per heavy atom. The van der Waals surface area contributed by atoms with Crippen molar-refractivity contribution in [1.82, 2.24) is 4.98 Å². The molecule has 0 atom stereocenters. The molecule has 1 aliphatic rings. The number of nitrogens with one attached hydrogen (secondary N) is 1. The zero-order chi connectivity index (χ0) is 19.4. The van der Waals surface area contributed by atoms with E-state index < -0.39 is 11.9 Å². The first-order chi connectivity index (χ1) is 13.0. The highest BCUT2D eigenvalue weighted by Gasteiger charge is 2.21. The molecule has 1 aromatic heterocycles. The summed E-state index contributed by atoms with van der Waals surface area (Å²) in [5.74, 6) is -0.770. The number of carbonyl (C=O) groups excluding carboxylic acids is 1. The third-order valence-electron chi connectivity index (χ3n) is 4.31. The first-order valence-electron chi connectivity index (χ1n) is 8.45. The lowest BCUT2D eigenvalue weighted by molar-refractivity contribution is 0.0696. The highest BCUT2D eigenvalue weighted by atomic mass is 16.5. The van der Waals surface area contributed by atoms with Crippen molar-refractivity contribution in [3.05, 3.63) is 41.6 Å². The van der Waals surface area contributed by atoms with Gasteiger partial charge < -0.3 is 24.6 Å². The van der Waals surface area contributed by atoms with Crippen molar-refractivity contribution < 1.29 is 28.9 Å². The normalized spacial score (nSPS) is 13.4. The Morgan fingerprint density at radius 1 is 1.15 bits per heavy atom. The smallest absolute Gasteiger partial charge is 0.335 e. The second kappa shape index (κ2) is 7.94. The van der Waals surface area contributed by atoms with Crippen LogP contribution in [0.2, 0.25) is 0 Å². The predicted octanol–water partition coefficient (Wildman–Crippen LogP) is 2.98. The number of ether oxygens (including phenoxy) is 3. The highest BCUT2D eigenvalue weighted by molar-refractivity contribution is 6.06. The standard InChI is InChI=1S/C19H20N2O6/c1-25-15-9-12(19(23)24)8-14(17(15)26-2)21-18(22)11-6-7-20-16(10-11)27-13-4-3-5-13/h6-10,13H,3-5H2,1-2H3,(H,21,22)(H,23,24). The third-order valence-corrected chi connectivity index (χ3v) is 4.31. The molecule has 0 saturated heterocycles. The first-order valence-corrected chi connectivity index (χ1v) is 8.45. The van der Waals surface area contributed by atoms with Crippen molar-refractivity contribution in [1.29, 1.82) is 0 Å². The summed E-state index contributed by atoms with van der Waals surface area (Å²) < 4.78 is 16.1. The van der Waals surface area contributed by atoms with E-state index in [-0.39, 0.29) is 28.9 Å². The first kappa shape index (κ1) is 18.5. The molecular weight excluding hydrogens is 352 g/mol. The number of amides is 1. The van der Waals surface area contributed by atoms with Crippen LogP contribution in [0.5, 0.6) is 17.4 Å². The molecule has 0 spiro atoms. The van der Waals surface area contributed by atoms with Gasteiger partial charge in [0.15, 0.2) is 11.5 Å². The summed E-state index contributed by atoms with van der Waals surface area (Å²) in [5.41, 5.74) is 0.491. The van der Waals surface area contributed by atoms with Crippen LogP contribution in [-0.4, -0.2) is 42.3 Å². The third kappa shape index (κ3) is 4.11. The van der Waals surface area contributed by atoms with E-state index in [1.165, 1.54) is 32.5 Å². The largest absolute Gasteiger partial charge is 0.493 e. The number of benzene rings is 1. The summed E-state index contributed by atoms with van der Waals surface area (Å²) >= 11 is 0. The molecule has 0 unspecified atom stereocenters. The lowest BCUT2D eigenvalue weighted by atomic mass is 9.96. The minimum atomic E-state index is -1.15. The molecule has 0 bridgehead atoms. The van der Waals surface area contributed by atoms with Crippen molar-refractivity contribution >= 4 is 17.6 Å². The van der Waals surface area contributed by atoms with Crippen LogP contribution in [0.4, 0.5) is 5.69 Å². The minimum absolute atomic E-state index is 0.0355. The molecule has 1 heterocycles. The van der Waals surface area contributed by atoms with Crippen molar-refractivity contribution in [2.45, 2.75) is 25.4 Å². The molecule has 8 heteroatoms. The zero-order valence-electron chi connectivity index (χ0n) is 15.0. The highest BCUT2D eigenvalue weighted by Crippen LogP contribution is 2.37. The molecule has 0 aliphatic heterocycles. The summed E-state index contributed by atoms with van der Waals surface area (Å²) in [6.45, 7) is 0.